The van der Waals surface area contributed by atoms with Crippen molar-refractivity contribution in [3.63, 3.8) is 0 Å². The predicted octanol–water partition coefficient (Wildman–Crippen LogP) is 7.93. The molecule has 1 fully saturated rings. The van der Waals surface area contributed by atoms with Crippen molar-refractivity contribution in [2.75, 3.05) is 0 Å². The van der Waals surface area contributed by atoms with Gasteiger partial charge in [-0.2, -0.15) is 0 Å². The highest BCUT2D eigenvalue weighted by Crippen LogP contribution is 2.45. The Hall–Kier alpha value is -3.09. The van der Waals surface area contributed by atoms with Crippen LogP contribution in [0.4, 0.5) is 0 Å². The van der Waals surface area contributed by atoms with Crippen LogP contribution in [0, 0.1) is 6.92 Å². The summed E-state index contributed by atoms with van der Waals surface area (Å²) in [6.45, 7) is 6.49. The fourth-order valence-electron chi connectivity index (χ4n) is 5.86. The normalized spacial score (nSPS) is 24.2. The number of hydrogen-bond acceptors (Lipinski definition) is 4. The number of benzene rings is 2. The summed E-state index contributed by atoms with van der Waals surface area (Å²) >= 11 is 5.19. The van der Waals surface area contributed by atoms with E-state index < -0.39 is 5.54 Å². The number of carbonyl (C=O) groups is 1. The fraction of sp³-hybridized carbons (Fsp3) is 0.273. The van der Waals surface area contributed by atoms with Crippen LogP contribution in [0.2, 0.25) is 0 Å². The van der Waals surface area contributed by atoms with E-state index >= 15 is 0 Å². The van der Waals surface area contributed by atoms with Crippen molar-refractivity contribution in [2.45, 2.75) is 60.8 Å². The van der Waals surface area contributed by atoms with Gasteiger partial charge in [-0.25, -0.2) is 4.98 Å². The molecule has 3 atom stereocenters. The third kappa shape index (κ3) is 5.12. The summed E-state index contributed by atoms with van der Waals surface area (Å²) in [6, 6.07) is 20.5. The lowest BCUT2D eigenvalue weighted by molar-refractivity contribution is -0.122. The van der Waals surface area contributed by atoms with Crippen LogP contribution in [0.1, 0.15) is 54.2 Å². The summed E-state index contributed by atoms with van der Waals surface area (Å²) in [5.41, 5.74) is 5.64. The van der Waals surface area contributed by atoms with Crippen molar-refractivity contribution in [1.82, 2.24) is 10.3 Å². The molecule has 0 bridgehead atoms. The molecule has 0 saturated carbocycles. The second-order valence-electron chi connectivity index (χ2n) is 10.5. The maximum atomic E-state index is 13.7. The van der Waals surface area contributed by atoms with E-state index in [0.717, 1.165) is 57.5 Å². The SMILES string of the molecule is C=C1CC(C2=CCC=C2)(c2cccc(OC3CCCc4ccc(Br)cc43)n2)NC(=O)C1Sc1ccccc1C. The van der Waals surface area contributed by atoms with Crippen LogP contribution in [-0.4, -0.2) is 16.1 Å². The molecule has 1 aromatic heterocycles. The Labute approximate surface area is 242 Å². The largest absolute Gasteiger partial charge is 0.469 e. The third-order valence-electron chi connectivity index (χ3n) is 7.83. The van der Waals surface area contributed by atoms with Gasteiger partial charge in [0.05, 0.1) is 5.69 Å². The molecule has 3 unspecified atom stereocenters. The minimum atomic E-state index is -0.781. The Morgan fingerprint density at radius 2 is 2.03 bits per heavy atom. The van der Waals surface area contributed by atoms with Crippen molar-refractivity contribution < 1.29 is 9.53 Å². The van der Waals surface area contributed by atoms with E-state index in [9.17, 15) is 4.79 Å². The molecule has 2 heterocycles. The van der Waals surface area contributed by atoms with Crippen molar-refractivity contribution in [1.29, 1.82) is 0 Å². The second kappa shape index (κ2) is 10.8. The molecular weight excluding hydrogens is 568 g/mol. The Morgan fingerprint density at radius 3 is 2.82 bits per heavy atom. The first kappa shape index (κ1) is 26.1. The Balaban J connectivity index is 1.31. The van der Waals surface area contributed by atoms with Gasteiger partial charge in [0.15, 0.2) is 0 Å². The first-order valence-electron chi connectivity index (χ1n) is 13.4. The summed E-state index contributed by atoms with van der Waals surface area (Å²) in [7, 11) is 0. The van der Waals surface area contributed by atoms with Gasteiger partial charge in [-0.05, 0) is 79.1 Å². The lowest BCUT2D eigenvalue weighted by atomic mass is 9.77. The predicted molar refractivity (Wildman–Crippen MR) is 161 cm³/mol. The summed E-state index contributed by atoms with van der Waals surface area (Å²) in [6.07, 6.45) is 10.8. The number of thioether (sulfide) groups is 1. The van der Waals surface area contributed by atoms with Gasteiger partial charge in [0, 0.05) is 21.9 Å². The van der Waals surface area contributed by atoms with Gasteiger partial charge in [0.1, 0.15) is 16.9 Å². The average Bonchev–Trinajstić information content (AvgIpc) is 3.48. The van der Waals surface area contributed by atoms with E-state index in [4.69, 9.17) is 9.72 Å². The number of allylic oxidation sites excluding steroid dienone is 2. The maximum Gasteiger partial charge on any atom is 0.238 e. The van der Waals surface area contributed by atoms with Gasteiger partial charge in [-0.3, -0.25) is 4.79 Å². The van der Waals surface area contributed by atoms with E-state index in [1.807, 2.05) is 30.3 Å². The quantitative estimate of drug-likeness (QED) is 0.293. The highest BCUT2D eigenvalue weighted by Gasteiger charge is 2.46. The molecule has 0 spiro atoms. The molecule has 4 nitrogen and oxygen atoms in total. The summed E-state index contributed by atoms with van der Waals surface area (Å²) in [5.74, 6) is 0.531. The number of fused-ring (bicyclic) bond motifs is 1. The molecule has 3 aliphatic rings. The molecule has 2 aliphatic carbocycles. The number of pyridine rings is 1. The van der Waals surface area contributed by atoms with Crippen LogP contribution in [0.25, 0.3) is 0 Å². The van der Waals surface area contributed by atoms with Crippen LogP contribution in [0.15, 0.2) is 106 Å². The topological polar surface area (TPSA) is 51.2 Å². The summed E-state index contributed by atoms with van der Waals surface area (Å²) in [4.78, 5) is 19.8. The molecule has 1 N–H and O–H groups in total. The highest BCUT2D eigenvalue weighted by atomic mass is 79.9. The number of piperidine rings is 1. The minimum Gasteiger partial charge on any atom is -0.469 e. The molecule has 6 rings (SSSR count). The molecule has 3 aromatic rings. The molecule has 1 aliphatic heterocycles. The first-order valence-corrected chi connectivity index (χ1v) is 15.1. The van der Waals surface area contributed by atoms with Crippen molar-refractivity contribution in [3.05, 3.63) is 123 Å². The molecule has 2 aromatic carbocycles. The summed E-state index contributed by atoms with van der Waals surface area (Å²) < 4.78 is 7.59. The Morgan fingerprint density at radius 1 is 1.15 bits per heavy atom. The van der Waals surface area contributed by atoms with Gasteiger partial charge in [0.2, 0.25) is 11.8 Å². The second-order valence-corrected chi connectivity index (χ2v) is 12.6. The molecule has 0 radical (unpaired) electrons. The van der Waals surface area contributed by atoms with Gasteiger partial charge >= 0.3 is 0 Å². The van der Waals surface area contributed by atoms with Gasteiger partial charge in [0.25, 0.3) is 0 Å². The zero-order valence-corrected chi connectivity index (χ0v) is 24.4. The zero-order valence-electron chi connectivity index (χ0n) is 22.0. The number of halogens is 1. The first-order chi connectivity index (χ1) is 18.9. The van der Waals surface area contributed by atoms with E-state index in [2.05, 4.69) is 83.3 Å². The number of aromatic nitrogens is 1. The number of aryl methyl sites for hydroxylation is 2. The fourth-order valence-corrected chi connectivity index (χ4v) is 7.32. The van der Waals surface area contributed by atoms with E-state index in [-0.39, 0.29) is 17.3 Å². The molecule has 1 saturated heterocycles. The van der Waals surface area contributed by atoms with Crippen molar-refractivity contribution in [3.8, 4) is 5.88 Å². The van der Waals surface area contributed by atoms with E-state index in [1.54, 1.807) is 11.8 Å². The Bertz CT molecular complexity index is 1490. The molecule has 198 valence electrons. The van der Waals surface area contributed by atoms with E-state index in [1.165, 1.54) is 11.1 Å². The smallest absolute Gasteiger partial charge is 0.238 e. The molecule has 39 heavy (non-hydrogen) atoms. The standard InChI is InChI=1S/C33H31BrN2O2S/c1-21-9-3-6-14-28(21)39-31-22(2)20-33(36-32(31)37,24-11-4-5-12-24)29-15-8-16-30(35-29)38-27-13-7-10-23-17-18-25(34)19-26(23)27/h3-4,6,8-9,11-12,14-19,27,31H,2,5,7,10,13,20H2,1H3,(H,36,37). The highest BCUT2D eigenvalue weighted by molar-refractivity contribution is 9.10. The van der Waals surface area contributed by atoms with Crippen molar-refractivity contribution >= 4 is 33.6 Å². The van der Waals surface area contributed by atoms with E-state index in [0.29, 0.717) is 12.3 Å². The van der Waals surface area contributed by atoms with Crippen LogP contribution < -0.4 is 10.1 Å². The van der Waals surface area contributed by atoms with Crippen LogP contribution in [0.3, 0.4) is 0 Å². The number of nitrogens with one attached hydrogen (secondary N) is 1. The molecule has 6 heteroatoms. The third-order valence-corrected chi connectivity index (χ3v) is 9.82. The van der Waals surface area contributed by atoms with Gasteiger partial charge < -0.3 is 10.1 Å². The zero-order chi connectivity index (χ0) is 27.0. The van der Waals surface area contributed by atoms with Crippen LogP contribution in [-0.2, 0) is 16.8 Å². The monoisotopic (exact) mass is 598 g/mol. The lowest BCUT2D eigenvalue weighted by Gasteiger charge is -2.42. The number of rotatable bonds is 6. The van der Waals surface area contributed by atoms with Gasteiger partial charge in [-0.15, -0.1) is 11.8 Å². The number of amides is 1. The summed E-state index contributed by atoms with van der Waals surface area (Å²) in [5, 5.41) is 3.04. The van der Waals surface area contributed by atoms with Crippen LogP contribution in [0.5, 0.6) is 5.88 Å². The van der Waals surface area contributed by atoms with Crippen molar-refractivity contribution in [2.24, 2.45) is 0 Å². The molecular formula is C33H31BrN2O2S. The minimum absolute atomic E-state index is 0.0418. The number of nitrogens with zero attached hydrogens (tertiary/aromatic N) is 1. The van der Waals surface area contributed by atoms with Gasteiger partial charge in [-0.1, -0.05) is 76.6 Å². The number of ether oxygens (including phenoxy) is 1. The number of hydrogen-bond donors (Lipinski definition) is 1. The Kier molecular flexibility index (Phi) is 7.25. The average molecular weight is 600 g/mol. The maximum absolute atomic E-state index is 13.7. The number of carbonyl (C=O) groups excluding carboxylic acids is 1. The molecule has 1 amide bonds. The lowest BCUT2D eigenvalue weighted by Crippen LogP contribution is -2.55. The van der Waals surface area contributed by atoms with Crippen LogP contribution >= 0.6 is 27.7 Å².